The normalized spacial score (nSPS) is 15.9. The van der Waals surface area contributed by atoms with E-state index in [4.69, 9.17) is 4.74 Å². The lowest BCUT2D eigenvalue weighted by molar-refractivity contribution is 0.104. The molecule has 0 amide bonds. The minimum absolute atomic E-state index is 0.203. The van der Waals surface area contributed by atoms with E-state index >= 15 is 0 Å². The first-order valence-corrected chi connectivity index (χ1v) is 11.8. The Morgan fingerprint density at radius 1 is 1.03 bits per heavy atom. The van der Waals surface area contributed by atoms with Crippen LogP contribution in [0, 0.1) is 0 Å². The van der Waals surface area contributed by atoms with Crippen LogP contribution in [0.4, 0.5) is 0 Å². The highest BCUT2D eigenvalue weighted by Gasteiger charge is 2.25. The fourth-order valence-corrected chi connectivity index (χ4v) is 5.22. The van der Waals surface area contributed by atoms with E-state index in [2.05, 4.69) is 15.9 Å². The molecule has 0 radical (unpaired) electrons. The van der Waals surface area contributed by atoms with Crippen LogP contribution in [0.5, 0.6) is 5.75 Å². The molecule has 0 aromatic heterocycles. The molecule has 2 aromatic carbocycles. The van der Waals surface area contributed by atoms with Gasteiger partial charge in [-0.1, -0.05) is 28.8 Å². The van der Waals surface area contributed by atoms with E-state index in [0.29, 0.717) is 24.4 Å². The molecular weight excluding hydrogens is 454 g/mol. The molecule has 29 heavy (non-hydrogen) atoms. The number of nitrogens with zero attached hydrogens (tertiary/aromatic N) is 1. The summed E-state index contributed by atoms with van der Waals surface area (Å²) in [5.74, 6) is 0.460. The van der Waals surface area contributed by atoms with Crippen LogP contribution in [0.25, 0.3) is 6.08 Å². The minimum atomic E-state index is -3.51. The molecule has 0 saturated carbocycles. The first-order chi connectivity index (χ1) is 13.9. The van der Waals surface area contributed by atoms with Gasteiger partial charge in [0.1, 0.15) is 5.75 Å². The summed E-state index contributed by atoms with van der Waals surface area (Å²) in [6.45, 7) is 1.11. The molecule has 1 aliphatic rings. The van der Waals surface area contributed by atoms with Crippen LogP contribution in [0.3, 0.4) is 0 Å². The van der Waals surface area contributed by atoms with Gasteiger partial charge in [0, 0.05) is 28.7 Å². The number of hydrogen-bond acceptors (Lipinski definition) is 4. The average molecular weight is 478 g/mol. The summed E-state index contributed by atoms with van der Waals surface area (Å²) in [6, 6.07) is 11.7. The number of allylic oxidation sites excluding steroid dienone is 1. The summed E-state index contributed by atoms with van der Waals surface area (Å²) in [6.07, 6.45) is 7.05. The topological polar surface area (TPSA) is 63.7 Å². The number of ether oxygens (including phenoxy) is 1. The Balaban J connectivity index is 1.76. The van der Waals surface area contributed by atoms with Gasteiger partial charge in [-0.15, -0.1) is 0 Å². The number of hydrogen-bond donors (Lipinski definition) is 0. The third-order valence-corrected chi connectivity index (χ3v) is 7.35. The molecule has 0 bridgehead atoms. The van der Waals surface area contributed by atoms with E-state index < -0.39 is 10.0 Å². The van der Waals surface area contributed by atoms with Gasteiger partial charge in [-0.05, 0) is 67.5 Å². The van der Waals surface area contributed by atoms with Gasteiger partial charge in [0.15, 0.2) is 5.78 Å². The van der Waals surface area contributed by atoms with Crippen molar-refractivity contribution in [1.29, 1.82) is 0 Å². The molecule has 3 rings (SSSR count). The lowest BCUT2D eigenvalue weighted by Gasteiger charge is -2.19. The van der Waals surface area contributed by atoms with Crippen LogP contribution in [0.2, 0.25) is 0 Å². The zero-order chi connectivity index (χ0) is 20.9. The minimum Gasteiger partial charge on any atom is -0.496 e. The van der Waals surface area contributed by atoms with E-state index in [1.54, 1.807) is 29.6 Å². The van der Waals surface area contributed by atoms with Crippen molar-refractivity contribution in [2.75, 3.05) is 20.2 Å². The first kappa shape index (κ1) is 21.7. The van der Waals surface area contributed by atoms with Gasteiger partial charge in [0.25, 0.3) is 0 Å². The number of carbonyl (C=O) groups excluding carboxylic acids is 1. The maximum absolute atomic E-state index is 12.8. The molecule has 154 valence electrons. The van der Waals surface area contributed by atoms with Crippen LogP contribution in [0.1, 0.15) is 41.6 Å². The van der Waals surface area contributed by atoms with Gasteiger partial charge in [-0.25, -0.2) is 8.42 Å². The Labute approximate surface area is 180 Å². The van der Waals surface area contributed by atoms with E-state index in [1.807, 2.05) is 18.2 Å². The van der Waals surface area contributed by atoms with Gasteiger partial charge in [-0.3, -0.25) is 4.79 Å². The predicted molar refractivity (Wildman–Crippen MR) is 118 cm³/mol. The highest BCUT2D eigenvalue weighted by Crippen LogP contribution is 2.25. The van der Waals surface area contributed by atoms with Crippen LogP contribution in [0.15, 0.2) is 57.9 Å². The number of carbonyl (C=O) groups is 1. The number of sulfonamides is 1. The van der Waals surface area contributed by atoms with E-state index in [9.17, 15) is 13.2 Å². The lowest BCUT2D eigenvalue weighted by atomic mass is 10.1. The maximum Gasteiger partial charge on any atom is 0.243 e. The van der Waals surface area contributed by atoms with Crippen LogP contribution < -0.4 is 4.74 Å². The van der Waals surface area contributed by atoms with Crippen molar-refractivity contribution in [2.24, 2.45) is 0 Å². The monoisotopic (exact) mass is 477 g/mol. The third-order valence-electron chi connectivity index (χ3n) is 4.95. The maximum atomic E-state index is 12.8. The van der Waals surface area contributed by atoms with Crippen molar-refractivity contribution in [1.82, 2.24) is 4.31 Å². The second-order valence-electron chi connectivity index (χ2n) is 6.93. The van der Waals surface area contributed by atoms with Gasteiger partial charge in [0.05, 0.1) is 12.0 Å². The van der Waals surface area contributed by atoms with Gasteiger partial charge < -0.3 is 4.74 Å². The Kier molecular flexibility index (Phi) is 7.27. The van der Waals surface area contributed by atoms with Crippen LogP contribution in [-0.4, -0.2) is 38.7 Å². The van der Waals surface area contributed by atoms with Crippen molar-refractivity contribution in [3.8, 4) is 5.75 Å². The third kappa shape index (κ3) is 5.35. The van der Waals surface area contributed by atoms with Gasteiger partial charge in [-0.2, -0.15) is 4.31 Å². The van der Waals surface area contributed by atoms with Crippen LogP contribution in [-0.2, 0) is 10.0 Å². The summed E-state index contributed by atoms with van der Waals surface area (Å²) in [5, 5.41) is 0. The Morgan fingerprint density at radius 2 is 1.69 bits per heavy atom. The number of ketones is 1. The highest BCUT2D eigenvalue weighted by atomic mass is 79.9. The highest BCUT2D eigenvalue weighted by molar-refractivity contribution is 9.10. The average Bonchev–Trinajstić information content (AvgIpc) is 3.02. The fraction of sp³-hybridized carbons (Fsp3) is 0.318. The number of rotatable bonds is 6. The predicted octanol–water partition coefficient (Wildman–Crippen LogP) is 4.92. The standard InChI is InChI=1S/C22H24BrNO4S/c1-28-22-13-9-19(23)16-18(22)8-12-21(25)17-6-10-20(11-7-17)29(26,27)24-14-4-2-3-5-15-24/h6-13,16H,2-5,14-15H2,1H3. The fourth-order valence-electron chi connectivity index (χ4n) is 3.32. The van der Waals surface area contributed by atoms with Crippen molar-refractivity contribution in [3.05, 3.63) is 64.1 Å². The number of methoxy groups -OCH3 is 1. The SMILES string of the molecule is COc1ccc(Br)cc1C=CC(=O)c1ccc(S(=O)(=O)N2CCCCCC2)cc1. The van der Waals surface area contributed by atoms with Crippen molar-refractivity contribution < 1.29 is 17.9 Å². The smallest absolute Gasteiger partial charge is 0.243 e. The Morgan fingerprint density at radius 3 is 2.31 bits per heavy atom. The zero-order valence-corrected chi connectivity index (χ0v) is 18.7. The van der Waals surface area contributed by atoms with Crippen molar-refractivity contribution >= 4 is 37.8 Å². The molecular formula is C22H24BrNO4S. The molecule has 7 heteroatoms. The van der Waals surface area contributed by atoms with E-state index in [0.717, 1.165) is 35.7 Å². The molecule has 1 fully saturated rings. The largest absolute Gasteiger partial charge is 0.496 e. The van der Waals surface area contributed by atoms with Crippen LogP contribution >= 0.6 is 15.9 Å². The second-order valence-corrected chi connectivity index (χ2v) is 9.78. The molecule has 0 unspecified atom stereocenters. The summed E-state index contributed by atoms with van der Waals surface area (Å²) < 4.78 is 33.4. The number of benzene rings is 2. The molecule has 0 atom stereocenters. The molecule has 0 spiro atoms. The molecule has 1 heterocycles. The summed E-state index contributed by atoms with van der Waals surface area (Å²) >= 11 is 3.41. The van der Waals surface area contributed by atoms with Crippen molar-refractivity contribution in [2.45, 2.75) is 30.6 Å². The molecule has 0 aliphatic carbocycles. The van der Waals surface area contributed by atoms with E-state index in [1.165, 1.54) is 18.2 Å². The molecule has 1 saturated heterocycles. The molecule has 0 N–H and O–H groups in total. The zero-order valence-electron chi connectivity index (χ0n) is 16.3. The van der Waals surface area contributed by atoms with Crippen molar-refractivity contribution in [3.63, 3.8) is 0 Å². The molecule has 2 aromatic rings. The summed E-state index contributed by atoms with van der Waals surface area (Å²) in [4.78, 5) is 12.7. The summed E-state index contributed by atoms with van der Waals surface area (Å²) in [7, 11) is -1.94. The van der Waals surface area contributed by atoms with Gasteiger partial charge >= 0.3 is 0 Å². The molecule has 5 nitrogen and oxygen atoms in total. The number of halogens is 1. The summed E-state index contributed by atoms with van der Waals surface area (Å²) in [5.41, 5.74) is 1.21. The Hall–Kier alpha value is -1.96. The quantitative estimate of drug-likeness (QED) is 0.437. The second kappa shape index (κ2) is 9.69. The molecule has 1 aliphatic heterocycles. The lowest BCUT2D eigenvalue weighted by Crippen LogP contribution is -2.31. The first-order valence-electron chi connectivity index (χ1n) is 9.58. The van der Waals surface area contributed by atoms with Gasteiger partial charge in [0.2, 0.25) is 10.0 Å². The van der Waals surface area contributed by atoms with E-state index in [-0.39, 0.29) is 10.7 Å². The Bertz CT molecular complexity index is 992.